The van der Waals surface area contributed by atoms with E-state index in [1.165, 1.54) is 31.9 Å². The first-order valence-corrected chi connectivity index (χ1v) is 6.11. The fourth-order valence-electron chi connectivity index (χ4n) is 2.15. The molecule has 1 aromatic rings. The van der Waals surface area contributed by atoms with E-state index in [2.05, 4.69) is 4.98 Å². The van der Waals surface area contributed by atoms with Crippen LogP contribution in [-0.4, -0.2) is 22.2 Å². The summed E-state index contributed by atoms with van der Waals surface area (Å²) in [6, 6.07) is 1.54. The van der Waals surface area contributed by atoms with Crippen molar-refractivity contribution in [1.82, 2.24) is 4.98 Å². The Morgan fingerprint density at radius 3 is 2.59 bits per heavy atom. The molecule has 0 aromatic carbocycles. The van der Waals surface area contributed by atoms with Crippen molar-refractivity contribution in [3.8, 4) is 5.75 Å². The number of hydrogen-bond donors (Lipinski definition) is 1. The molecule has 1 heterocycles. The van der Waals surface area contributed by atoms with Crippen LogP contribution < -0.4 is 4.74 Å². The van der Waals surface area contributed by atoms with E-state index in [9.17, 15) is 4.79 Å². The molecule has 2 rings (SSSR count). The summed E-state index contributed by atoms with van der Waals surface area (Å²) in [7, 11) is 0. The van der Waals surface area contributed by atoms with Crippen LogP contribution in [0.15, 0.2) is 18.5 Å². The lowest BCUT2D eigenvalue weighted by atomic mass is 10.1. The first kappa shape index (κ1) is 11.9. The molecule has 0 radical (unpaired) electrons. The van der Waals surface area contributed by atoms with Gasteiger partial charge >= 0.3 is 5.97 Å². The summed E-state index contributed by atoms with van der Waals surface area (Å²) < 4.78 is 5.80. The molecule has 1 aromatic heterocycles. The maximum atomic E-state index is 10.8. The quantitative estimate of drug-likeness (QED) is 0.818. The summed E-state index contributed by atoms with van der Waals surface area (Å²) in [5.41, 5.74) is 0.177. The highest BCUT2D eigenvalue weighted by Crippen LogP contribution is 2.22. The number of carbonyl (C=O) groups is 1. The standard InChI is InChI=1S/C13H17NO3/c15-13(16)10-7-12(9-14-8-10)17-11-5-3-1-2-4-6-11/h7-9,11H,1-6H2,(H,15,16). The number of carboxylic acid groups (broad SMARTS) is 1. The van der Waals surface area contributed by atoms with E-state index in [1.807, 2.05) is 0 Å². The van der Waals surface area contributed by atoms with E-state index in [4.69, 9.17) is 9.84 Å². The molecule has 0 amide bonds. The van der Waals surface area contributed by atoms with Crippen LogP contribution in [0.1, 0.15) is 48.9 Å². The molecule has 0 aliphatic heterocycles. The number of rotatable bonds is 3. The molecule has 0 bridgehead atoms. The summed E-state index contributed by atoms with van der Waals surface area (Å²) in [4.78, 5) is 14.7. The average Bonchev–Trinajstić information content (AvgIpc) is 2.58. The van der Waals surface area contributed by atoms with Crippen molar-refractivity contribution in [3.05, 3.63) is 24.0 Å². The predicted molar refractivity (Wildman–Crippen MR) is 63.3 cm³/mol. The highest BCUT2D eigenvalue weighted by molar-refractivity contribution is 5.87. The van der Waals surface area contributed by atoms with Crippen LogP contribution in [0.3, 0.4) is 0 Å². The molecule has 4 nitrogen and oxygen atoms in total. The third kappa shape index (κ3) is 3.44. The molecular formula is C13H17NO3. The van der Waals surface area contributed by atoms with Crippen molar-refractivity contribution in [3.63, 3.8) is 0 Å². The number of nitrogens with zero attached hydrogens (tertiary/aromatic N) is 1. The van der Waals surface area contributed by atoms with Gasteiger partial charge in [0, 0.05) is 6.20 Å². The largest absolute Gasteiger partial charge is 0.489 e. The molecule has 0 unspecified atom stereocenters. The number of aromatic nitrogens is 1. The fraction of sp³-hybridized carbons (Fsp3) is 0.538. The maximum Gasteiger partial charge on any atom is 0.337 e. The van der Waals surface area contributed by atoms with Gasteiger partial charge < -0.3 is 9.84 Å². The van der Waals surface area contributed by atoms with E-state index < -0.39 is 5.97 Å². The Morgan fingerprint density at radius 2 is 1.94 bits per heavy atom. The molecule has 0 atom stereocenters. The molecule has 1 aliphatic carbocycles. The van der Waals surface area contributed by atoms with Crippen molar-refractivity contribution in [2.75, 3.05) is 0 Å². The monoisotopic (exact) mass is 235 g/mol. The van der Waals surface area contributed by atoms with Gasteiger partial charge in [0.05, 0.1) is 17.9 Å². The normalized spacial score (nSPS) is 17.4. The van der Waals surface area contributed by atoms with Crippen LogP contribution in [0, 0.1) is 0 Å². The first-order chi connectivity index (χ1) is 8.25. The number of ether oxygens (including phenoxy) is 1. The van der Waals surface area contributed by atoms with Crippen LogP contribution in [0.4, 0.5) is 0 Å². The summed E-state index contributed by atoms with van der Waals surface area (Å²) >= 11 is 0. The van der Waals surface area contributed by atoms with Gasteiger partial charge in [0.25, 0.3) is 0 Å². The highest BCUT2D eigenvalue weighted by atomic mass is 16.5. The minimum absolute atomic E-state index is 0.177. The molecule has 17 heavy (non-hydrogen) atoms. The van der Waals surface area contributed by atoms with Crippen molar-refractivity contribution in [1.29, 1.82) is 0 Å². The van der Waals surface area contributed by atoms with Crippen molar-refractivity contribution in [2.24, 2.45) is 0 Å². The van der Waals surface area contributed by atoms with Gasteiger partial charge in [-0.1, -0.05) is 12.8 Å². The zero-order valence-electron chi connectivity index (χ0n) is 9.76. The summed E-state index contributed by atoms with van der Waals surface area (Å²) in [5, 5.41) is 8.86. The first-order valence-electron chi connectivity index (χ1n) is 6.11. The van der Waals surface area contributed by atoms with Gasteiger partial charge in [-0.25, -0.2) is 4.79 Å². The number of carboxylic acids is 1. The lowest BCUT2D eigenvalue weighted by Gasteiger charge is -2.16. The Balaban J connectivity index is 2.01. The SMILES string of the molecule is O=C(O)c1cncc(OC2CCCCCC2)c1. The Morgan fingerprint density at radius 1 is 1.24 bits per heavy atom. The molecule has 0 spiro atoms. The van der Waals surface area contributed by atoms with Crippen LogP contribution in [0.2, 0.25) is 0 Å². The Bertz CT molecular complexity index is 384. The maximum absolute atomic E-state index is 10.8. The van der Waals surface area contributed by atoms with Gasteiger partial charge in [-0.2, -0.15) is 0 Å². The molecule has 1 saturated carbocycles. The van der Waals surface area contributed by atoms with Crippen LogP contribution in [0.25, 0.3) is 0 Å². The molecular weight excluding hydrogens is 218 g/mol. The van der Waals surface area contributed by atoms with E-state index in [0.29, 0.717) is 5.75 Å². The summed E-state index contributed by atoms with van der Waals surface area (Å²) in [5.74, 6) is -0.402. The zero-order valence-corrected chi connectivity index (χ0v) is 9.76. The van der Waals surface area contributed by atoms with Crippen LogP contribution in [0.5, 0.6) is 5.75 Å². The zero-order chi connectivity index (χ0) is 12.1. The molecule has 1 aliphatic rings. The highest BCUT2D eigenvalue weighted by Gasteiger charge is 2.14. The number of pyridine rings is 1. The topological polar surface area (TPSA) is 59.4 Å². The predicted octanol–water partition coefficient (Wildman–Crippen LogP) is 2.88. The number of aromatic carboxylic acids is 1. The number of hydrogen-bond acceptors (Lipinski definition) is 3. The van der Waals surface area contributed by atoms with Gasteiger partial charge in [0.15, 0.2) is 0 Å². The van der Waals surface area contributed by atoms with E-state index >= 15 is 0 Å². The fourth-order valence-corrected chi connectivity index (χ4v) is 2.15. The molecule has 92 valence electrons. The van der Waals surface area contributed by atoms with E-state index in [0.717, 1.165) is 12.8 Å². The molecule has 1 fully saturated rings. The second kappa shape index (κ2) is 5.66. The average molecular weight is 235 g/mol. The van der Waals surface area contributed by atoms with Crippen molar-refractivity contribution < 1.29 is 14.6 Å². The van der Waals surface area contributed by atoms with Gasteiger partial charge in [-0.15, -0.1) is 0 Å². The van der Waals surface area contributed by atoms with Gasteiger partial charge in [0.1, 0.15) is 5.75 Å². The van der Waals surface area contributed by atoms with E-state index in [-0.39, 0.29) is 11.7 Å². The molecule has 0 saturated heterocycles. The smallest absolute Gasteiger partial charge is 0.337 e. The van der Waals surface area contributed by atoms with Crippen molar-refractivity contribution >= 4 is 5.97 Å². The van der Waals surface area contributed by atoms with Crippen LogP contribution in [-0.2, 0) is 0 Å². The second-order valence-corrected chi connectivity index (χ2v) is 4.45. The van der Waals surface area contributed by atoms with Gasteiger partial charge in [-0.3, -0.25) is 4.98 Å². The lowest BCUT2D eigenvalue weighted by Crippen LogP contribution is -2.15. The molecule has 1 N–H and O–H groups in total. The summed E-state index contributed by atoms with van der Waals surface area (Å²) in [6.07, 6.45) is 10.2. The van der Waals surface area contributed by atoms with Crippen molar-refractivity contribution in [2.45, 2.75) is 44.6 Å². The summed E-state index contributed by atoms with van der Waals surface area (Å²) in [6.45, 7) is 0. The van der Waals surface area contributed by atoms with Gasteiger partial charge in [-0.05, 0) is 31.7 Å². The third-order valence-electron chi connectivity index (χ3n) is 3.07. The molecule has 4 heteroatoms. The minimum Gasteiger partial charge on any atom is -0.489 e. The Labute approximate surface area is 101 Å². The second-order valence-electron chi connectivity index (χ2n) is 4.45. The Hall–Kier alpha value is -1.58. The minimum atomic E-state index is -0.969. The van der Waals surface area contributed by atoms with Crippen LogP contribution >= 0.6 is 0 Å². The van der Waals surface area contributed by atoms with E-state index in [1.54, 1.807) is 12.3 Å². The third-order valence-corrected chi connectivity index (χ3v) is 3.07. The lowest BCUT2D eigenvalue weighted by molar-refractivity contribution is 0.0695. The Kier molecular flexibility index (Phi) is 3.96. The van der Waals surface area contributed by atoms with Gasteiger partial charge in [0.2, 0.25) is 0 Å².